The van der Waals surface area contributed by atoms with Gasteiger partial charge in [-0.2, -0.15) is 0 Å². The molecule has 5 heteroatoms. The minimum atomic E-state index is -0.982. The molecule has 0 spiro atoms. The molecule has 5 nitrogen and oxygen atoms in total. The van der Waals surface area contributed by atoms with Gasteiger partial charge in [0.15, 0.2) is 0 Å². The summed E-state index contributed by atoms with van der Waals surface area (Å²) >= 11 is 0. The van der Waals surface area contributed by atoms with Gasteiger partial charge in [0.2, 0.25) is 0 Å². The van der Waals surface area contributed by atoms with Crippen LogP contribution in [0.5, 0.6) is 0 Å². The van der Waals surface area contributed by atoms with Crippen molar-refractivity contribution < 1.29 is 14.7 Å². The Morgan fingerprint density at radius 1 is 1.18 bits per heavy atom. The quantitative estimate of drug-likeness (QED) is 0.611. The smallest absolute Gasteiger partial charge is 0.326 e. The summed E-state index contributed by atoms with van der Waals surface area (Å²) in [6.45, 7) is 6.63. The number of nitrogens with one attached hydrogen (secondary N) is 2. The van der Waals surface area contributed by atoms with Crippen LogP contribution < -0.4 is 10.6 Å². The van der Waals surface area contributed by atoms with Crippen molar-refractivity contribution in [1.82, 2.24) is 10.6 Å². The summed E-state index contributed by atoms with van der Waals surface area (Å²) in [5.41, 5.74) is 0. The molecule has 0 saturated carbocycles. The molecule has 0 aliphatic rings. The first kappa shape index (κ1) is 15.7. The van der Waals surface area contributed by atoms with Crippen LogP contribution in [0.1, 0.15) is 46.5 Å². The van der Waals surface area contributed by atoms with Gasteiger partial charge in [-0.15, -0.1) is 0 Å². The molecule has 3 N–H and O–H groups in total. The third-order valence-electron chi connectivity index (χ3n) is 2.89. The van der Waals surface area contributed by atoms with Gasteiger partial charge >= 0.3 is 12.0 Å². The highest BCUT2D eigenvalue weighted by Crippen LogP contribution is 2.05. The lowest BCUT2D eigenvalue weighted by Gasteiger charge is -2.17. The second-order valence-electron chi connectivity index (χ2n) is 4.22. The van der Waals surface area contributed by atoms with Crippen LogP contribution in [0.25, 0.3) is 0 Å². The van der Waals surface area contributed by atoms with Crippen molar-refractivity contribution in [2.75, 3.05) is 6.54 Å². The average molecular weight is 244 g/mol. The van der Waals surface area contributed by atoms with Crippen LogP contribution >= 0.6 is 0 Å². The number of hydrogen-bond donors (Lipinski definition) is 3. The zero-order valence-electron chi connectivity index (χ0n) is 11.0. The van der Waals surface area contributed by atoms with E-state index in [4.69, 9.17) is 5.11 Å². The van der Waals surface area contributed by atoms with Crippen molar-refractivity contribution >= 4 is 12.0 Å². The minimum absolute atomic E-state index is 0.391. The van der Waals surface area contributed by atoms with Crippen LogP contribution in [0.3, 0.4) is 0 Å². The molecule has 1 unspecified atom stereocenters. The summed E-state index contributed by atoms with van der Waals surface area (Å²) in [7, 11) is 0. The lowest BCUT2D eigenvalue weighted by molar-refractivity contribution is -0.139. The molecule has 1 atom stereocenters. The molecular weight excluding hydrogens is 220 g/mol. The zero-order valence-corrected chi connectivity index (χ0v) is 11.0. The fourth-order valence-electron chi connectivity index (χ4n) is 1.57. The van der Waals surface area contributed by atoms with E-state index in [0.717, 1.165) is 19.3 Å². The zero-order chi connectivity index (χ0) is 13.3. The average Bonchev–Trinajstić information content (AvgIpc) is 2.29. The number of aliphatic carboxylic acids is 1. The lowest BCUT2D eigenvalue weighted by atomic mass is 10.0. The molecule has 0 saturated heterocycles. The van der Waals surface area contributed by atoms with Gasteiger partial charge in [0.1, 0.15) is 6.04 Å². The minimum Gasteiger partial charge on any atom is -0.480 e. The summed E-state index contributed by atoms with van der Waals surface area (Å²) in [5.74, 6) is -0.528. The van der Waals surface area contributed by atoms with E-state index in [0.29, 0.717) is 18.9 Å². The van der Waals surface area contributed by atoms with Crippen molar-refractivity contribution in [3.8, 4) is 0 Å². The molecule has 17 heavy (non-hydrogen) atoms. The Morgan fingerprint density at radius 2 is 1.76 bits per heavy atom. The Balaban J connectivity index is 4.01. The number of rotatable bonds is 8. The lowest BCUT2D eigenvalue weighted by Crippen LogP contribution is -2.46. The van der Waals surface area contributed by atoms with Gasteiger partial charge in [-0.25, -0.2) is 9.59 Å². The fraction of sp³-hybridized carbons (Fsp3) is 0.833. The number of hydrogen-bond acceptors (Lipinski definition) is 2. The summed E-state index contributed by atoms with van der Waals surface area (Å²) in [4.78, 5) is 22.3. The predicted molar refractivity (Wildman–Crippen MR) is 66.9 cm³/mol. The maximum absolute atomic E-state index is 11.5. The van der Waals surface area contributed by atoms with Crippen molar-refractivity contribution in [3.63, 3.8) is 0 Å². The van der Waals surface area contributed by atoms with E-state index >= 15 is 0 Å². The Bertz CT molecular complexity index is 240. The summed E-state index contributed by atoms with van der Waals surface area (Å²) < 4.78 is 0. The Labute approximate surface area is 103 Å². The highest BCUT2D eigenvalue weighted by atomic mass is 16.4. The van der Waals surface area contributed by atoms with Crippen LogP contribution in [0.15, 0.2) is 0 Å². The number of carbonyl (C=O) groups excluding carboxylic acids is 1. The molecular formula is C12H24N2O3. The standard InChI is InChI=1S/C12H24N2O3/c1-4-7-10(11(15)16)14-12(17)13-8-9(5-2)6-3/h9-10H,4-8H2,1-3H3,(H,15,16)(H2,13,14,17). The monoisotopic (exact) mass is 244 g/mol. The van der Waals surface area contributed by atoms with Crippen LogP contribution in [0, 0.1) is 5.92 Å². The molecule has 0 heterocycles. The van der Waals surface area contributed by atoms with Crippen LogP contribution in [0.2, 0.25) is 0 Å². The second-order valence-corrected chi connectivity index (χ2v) is 4.22. The van der Waals surface area contributed by atoms with Gasteiger partial charge in [0.25, 0.3) is 0 Å². The van der Waals surface area contributed by atoms with Gasteiger partial charge in [-0.1, -0.05) is 40.0 Å². The Kier molecular flexibility index (Phi) is 8.19. The summed E-state index contributed by atoms with van der Waals surface area (Å²) in [6, 6.07) is -1.18. The molecule has 0 rings (SSSR count). The van der Waals surface area contributed by atoms with E-state index in [1.807, 2.05) is 6.92 Å². The molecule has 100 valence electrons. The largest absolute Gasteiger partial charge is 0.480 e. The van der Waals surface area contributed by atoms with Gasteiger partial charge in [0, 0.05) is 6.54 Å². The third kappa shape index (κ3) is 6.81. The van der Waals surface area contributed by atoms with E-state index in [1.165, 1.54) is 0 Å². The SMILES string of the molecule is CCCC(NC(=O)NCC(CC)CC)C(=O)O. The molecule has 0 aromatic carbocycles. The van der Waals surface area contributed by atoms with E-state index in [1.54, 1.807) is 0 Å². The molecule has 0 aliphatic carbocycles. The first-order valence-corrected chi connectivity index (χ1v) is 6.32. The van der Waals surface area contributed by atoms with E-state index < -0.39 is 18.0 Å². The molecule has 0 aromatic rings. The highest BCUT2D eigenvalue weighted by Gasteiger charge is 2.18. The van der Waals surface area contributed by atoms with Crippen LogP contribution in [-0.2, 0) is 4.79 Å². The number of carboxylic acid groups (broad SMARTS) is 1. The molecule has 0 aromatic heterocycles. The number of carboxylic acids is 1. The Hall–Kier alpha value is -1.26. The number of carbonyl (C=O) groups is 2. The molecule has 2 amide bonds. The van der Waals surface area contributed by atoms with E-state index in [9.17, 15) is 9.59 Å². The molecule has 0 radical (unpaired) electrons. The van der Waals surface area contributed by atoms with Crippen LogP contribution in [-0.4, -0.2) is 29.7 Å². The molecule has 0 bridgehead atoms. The topological polar surface area (TPSA) is 78.4 Å². The van der Waals surface area contributed by atoms with Gasteiger partial charge in [0.05, 0.1) is 0 Å². The maximum Gasteiger partial charge on any atom is 0.326 e. The van der Waals surface area contributed by atoms with E-state index in [-0.39, 0.29) is 0 Å². The van der Waals surface area contributed by atoms with Crippen LogP contribution in [0.4, 0.5) is 4.79 Å². The molecule has 0 fully saturated rings. The number of amides is 2. The van der Waals surface area contributed by atoms with Crippen molar-refractivity contribution in [2.45, 2.75) is 52.5 Å². The number of urea groups is 1. The third-order valence-corrected chi connectivity index (χ3v) is 2.89. The van der Waals surface area contributed by atoms with Gasteiger partial charge in [-0.3, -0.25) is 0 Å². The molecule has 0 aliphatic heterocycles. The van der Waals surface area contributed by atoms with Crippen molar-refractivity contribution in [1.29, 1.82) is 0 Å². The first-order valence-electron chi connectivity index (χ1n) is 6.32. The summed E-state index contributed by atoms with van der Waals surface area (Å²) in [5, 5.41) is 14.1. The van der Waals surface area contributed by atoms with Gasteiger partial charge < -0.3 is 15.7 Å². The highest BCUT2D eigenvalue weighted by molar-refractivity contribution is 5.82. The van der Waals surface area contributed by atoms with Crippen molar-refractivity contribution in [3.05, 3.63) is 0 Å². The predicted octanol–water partition coefficient (Wildman–Crippen LogP) is 1.98. The summed E-state index contributed by atoms with van der Waals surface area (Å²) in [6.07, 6.45) is 3.19. The second kappa shape index (κ2) is 8.84. The fourth-order valence-corrected chi connectivity index (χ4v) is 1.57. The van der Waals surface area contributed by atoms with E-state index in [2.05, 4.69) is 24.5 Å². The Morgan fingerprint density at radius 3 is 2.18 bits per heavy atom. The van der Waals surface area contributed by atoms with Gasteiger partial charge in [-0.05, 0) is 12.3 Å². The van der Waals surface area contributed by atoms with Crippen molar-refractivity contribution in [2.24, 2.45) is 5.92 Å². The first-order chi connectivity index (χ1) is 8.04. The normalized spacial score (nSPS) is 12.2. The maximum atomic E-state index is 11.5.